The fraction of sp³-hybridized carbons (Fsp3) is 0.294. The molecule has 3 aromatic rings. The summed E-state index contributed by atoms with van der Waals surface area (Å²) in [6.45, 7) is 4.03. The molecule has 0 atom stereocenters. The SMILES string of the molecule is CCc1nc(COC(=O)c2c(C)nc(-c3cccs3)nc2SC)cs1. The maximum Gasteiger partial charge on any atom is 0.343 e. The van der Waals surface area contributed by atoms with Gasteiger partial charge in [-0.3, -0.25) is 0 Å². The Kier molecular flexibility index (Phi) is 5.82. The van der Waals surface area contributed by atoms with Crippen molar-refractivity contribution < 1.29 is 9.53 Å². The molecule has 0 fully saturated rings. The third-order valence-electron chi connectivity index (χ3n) is 3.45. The number of hydrogen-bond donors (Lipinski definition) is 0. The lowest BCUT2D eigenvalue weighted by molar-refractivity contribution is 0.0461. The van der Waals surface area contributed by atoms with Gasteiger partial charge in [0, 0.05) is 5.38 Å². The summed E-state index contributed by atoms with van der Waals surface area (Å²) in [5, 5.41) is 5.57. The second-order valence-corrected chi connectivity index (χ2v) is 7.84. The van der Waals surface area contributed by atoms with Crippen LogP contribution < -0.4 is 0 Å². The first-order valence-corrected chi connectivity index (χ1v) is 10.7. The van der Waals surface area contributed by atoms with Crippen LogP contribution in [0.4, 0.5) is 0 Å². The minimum atomic E-state index is -0.411. The Labute approximate surface area is 158 Å². The zero-order valence-corrected chi connectivity index (χ0v) is 16.6. The number of ether oxygens (including phenoxy) is 1. The second kappa shape index (κ2) is 8.07. The predicted octanol–water partition coefficient (Wildman–Crippen LogP) is 4.61. The highest BCUT2D eigenvalue weighted by Crippen LogP contribution is 2.28. The van der Waals surface area contributed by atoms with Crippen LogP contribution in [0.2, 0.25) is 0 Å². The number of thiazole rings is 1. The topological polar surface area (TPSA) is 65.0 Å². The molecular weight excluding hydrogens is 374 g/mol. The summed E-state index contributed by atoms with van der Waals surface area (Å²) < 4.78 is 5.44. The van der Waals surface area contributed by atoms with E-state index in [2.05, 4.69) is 21.9 Å². The largest absolute Gasteiger partial charge is 0.455 e. The average molecular weight is 392 g/mol. The molecule has 0 amide bonds. The third-order valence-corrected chi connectivity index (χ3v) is 6.04. The standard InChI is InChI=1S/C17H17N3O2S3/c1-4-13-19-11(9-25-13)8-22-17(21)14-10(2)18-15(20-16(14)23-3)12-6-5-7-24-12/h5-7,9H,4,8H2,1-3H3. The number of thiophene rings is 1. The lowest BCUT2D eigenvalue weighted by atomic mass is 10.2. The Hall–Kier alpha value is -1.77. The molecule has 0 aliphatic rings. The molecule has 0 spiro atoms. The number of thioether (sulfide) groups is 1. The van der Waals surface area contributed by atoms with Crippen molar-refractivity contribution in [2.75, 3.05) is 6.26 Å². The molecule has 0 saturated carbocycles. The summed E-state index contributed by atoms with van der Waals surface area (Å²) >= 11 is 4.57. The minimum absolute atomic E-state index is 0.162. The van der Waals surface area contributed by atoms with E-state index in [4.69, 9.17) is 4.74 Å². The quantitative estimate of drug-likeness (QED) is 0.347. The number of carbonyl (C=O) groups is 1. The maximum atomic E-state index is 12.6. The molecule has 0 radical (unpaired) electrons. The summed E-state index contributed by atoms with van der Waals surface area (Å²) in [4.78, 5) is 27.0. The van der Waals surface area contributed by atoms with Gasteiger partial charge in [-0.25, -0.2) is 19.7 Å². The van der Waals surface area contributed by atoms with Gasteiger partial charge in [-0.2, -0.15) is 0 Å². The first-order valence-electron chi connectivity index (χ1n) is 7.69. The van der Waals surface area contributed by atoms with Crippen molar-refractivity contribution in [3.8, 4) is 10.7 Å². The van der Waals surface area contributed by atoms with E-state index in [1.165, 1.54) is 11.8 Å². The Morgan fingerprint density at radius 1 is 1.28 bits per heavy atom. The number of carbonyl (C=O) groups excluding carboxylic acids is 1. The van der Waals surface area contributed by atoms with Gasteiger partial charge in [0.25, 0.3) is 0 Å². The van der Waals surface area contributed by atoms with E-state index in [0.717, 1.165) is 22.0 Å². The van der Waals surface area contributed by atoms with Gasteiger partial charge in [-0.1, -0.05) is 13.0 Å². The van der Waals surface area contributed by atoms with Crippen LogP contribution in [0.25, 0.3) is 10.7 Å². The molecule has 0 aliphatic carbocycles. The first kappa shape index (κ1) is 18.0. The highest BCUT2D eigenvalue weighted by atomic mass is 32.2. The minimum Gasteiger partial charge on any atom is -0.455 e. The van der Waals surface area contributed by atoms with E-state index in [1.54, 1.807) is 22.7 Å². The third kappa shape index (κ3) is 4.08. The first-order chi connectivity index (χ1) is 12.1. The molecule has 0 bridgehead atoms. The van der Waals surface area contributed by atoms with E-state index >= 15 is 0 Å². The van der Waals surface area contributed by atoms with Gasteiger partial charge in [0.05, 0.1) is 21.3 Å². The Balaban J connectivity index is 1.81. The molecule has 3 heterocycles. The van der Waals surface area contributed by atoms with Crippen molar-refractivity contribution in [2.45, 2.75) is 31.9 Å². The van der Waals surface area contributed by atoms with Crippen molar-refractivity contribution in [3.63, 3.8) is 0 Å². The Bertz CT molecular complexity index is 875. The highest BCUT2D eigenvalue weighted by Gasteiger charge is 2.21. The monoisotopic (exact) mass is 391 g/mol. The van der Waals surface area contributed by atoms with E-state index in [1.807, 2.05) is 36.1 Å². The summed E-state index contributed by atoms with van der Waals surface area (Å²) in [6, 6.07) is 3.92. The van der Waals surface area contributed by atoms with Crippen LogP contribution in [-0.4, -0.2) is 27.2 Å². The van der Waals surface area contributed by atoms with Crippen molar-refractivity contribution >= 4 is 40.4 Å². The molecule has 130 valence electrons. The second-order valence-electron chi connectivity index (χ2n) is 5.16. The van der Waals surface area contributed by atoms with Crippen molar-refractivity contribution in [2.24, 2.45) is 0 Å². The fourth-order valence-electron chi connectivity index (χ4n) is 2.23. The molecule has 0 saturated heterocycles. The maximum absolute atomic E-state index is 12.6. The van der Waals surface area contributed by atoms with E-state index in [0.29, 0.717) is 22.1 Å². The molecule has 0 unspecified atom stereocenters. The lowest BCUT2D eigenvalue weighted by Gasteiger charge is -2.10. The molecule has 8 heteroatoms. The van der Waals surface area contributed by atoms with Crippen molar-refractivity contribution in [1.82, 2.24) is 15.0 Å². The van der Waals surface area contributed by atoms with Crippen LogP contribution in [-0.2, 0) is 17.8 Å². The molecule has 5 nitrogen and oxygen atoms in total. The molecule has 0 aromatic carbocycles. The number of rotatable bonds is 6. The average Bonchev–Trinajstić information content (AvgIpc) is 3.30. The number of hydrogen-bond acceptors (Lipinski definition) is 8. The van der Waals surface area contributed by atoms with Crippen LogP contribution in [0.5, 0.6) is 0 Å². The summed E-state index contributed by atoms with van der Waals surface area (Å²) in [5.74, 6) is 0.228. The number of aryl methyl sites for hydroxylation is 2. The normalized spacial score (nSPS) is 10.8. The number of nitrogens with zero attached hydrogens (tertiary/aromatic N) is 3. The van der Waals surface area contributed by atoms with Gasteiger partial charge < -0.3 is 4.74 Å². The van der Waals surface area contributed by atoms with Crippen LogP contribution in [0.1, 0.15) is 33.7 Å². The van der Waals surface area contributed by atoms with Crippen molar-refractivity contribution in [3.05, 3.63) is 44.9 Å². The van der Waals surface area contributed by atoms with Gasteiger partial charge in [-0.15, -0.1) is 34.4 Å². The number of aromatic nitrogens is 3. The van der Waals surface area contributed by atoms with E-state index in [-0.39, 0.29) is 6.61 Å². The van der Waals surface area contributed by atoms with E-state index < -0.39 is 5.97 Å². The fourth-order valence-corrected chi connectivity index (χ4v) is 4.23. The molecule has 0 N–H and O–H groups in total. The Morgan fingerprint density at radius 3 is 2.76 bits per heavy atom. The number of esters is 1. The Morgan fingerprint density at radius 2 is 2.12 bits per heavy atom. The highest BCUT2D eigenvalue weighted by molar-refractivity contribution is 7.98. The molecular formula is C17H17N3O2S3. The van der Waals surface area contributed by atoms with E-state index in [9.17, 15) is 4.79 Å². The van der Waals surface area contributed by atoms with Gasteiger partial charge in [0.15, 0.2) is 5.82 Å². The predicted molar refractivity (Wildman–Crippen MR) is 102 cm³/mol. The summed E-state index contributed by atoms with van der Waals surface area (Å²) in [6.07, 6.45) is 2.77. The zero-order valence-electron chi connectivity index (χ0n) is 14.1. The zero-order chi connectivity index (χ0) is 17.8. The van der Waals surface area contributed by atoms with Crippen LogP contribution >= 0.6 is 34.4 Å². The smallest absolute Gasteiger partial charge is 0.343 e. The van der Waals surface area contributed by atoms with Gasteiger partial charge >= 0.3 is 5.97 Å². The molecule has 0 aliphatic heterocycles. The molecule has 3 rings (SSSR count). The van der Waals surface area contributed by atoms with Crippen LogP contribution in [0, 0.1) is 6.92 Å². The van der Waals surface area contributed by atoms with Crippen LogP contribution in [0.15, 0.2) is 27.9 Å². The molecule has 3 aromatic heterocycles. The van der Waals surface area contributed by atoms with Gasteiger partial charge in [0.1, 0.15) is 17.2 Å². The van der Waals surface area contributed by atoms with Crippen molar-refractivity contribution in [1.29, 1.82) is 0 Å². The molecule has 25 heavy (non-hydrogen) atoms. The van der Waals surface area contributed by atoms with Gasteiger partial charge in [-0.05, 0) is 31.0 Å². The summed E-state index contributed by atoms with van der Waals surface area (Å²) in [5.41, 5.74) is 1.83. The summed E-state index contributed by atoms with van der Waals surface area (Å²) in [7, 11) is 0. The lowest BCUT2D eigenvalue weighted by Crippen LogP contribution is -2.12. The van der Waals surface area contributed by atoms with Crippen LogP contribution in [0.3, 0.4) is 0 Å². The van der Waals surface area contributed by atoms with Gasteiger partial charge in [0.2, 0.25) is 0 Å².